The number of hydrogen-bond donors (Lipinski definition) is 0. The van der Waals surface area contributed by atoms with E-state index < -0.39 is 0 Å². The van der Waals surface area contributed by atoms with Gasteiger partial charge in [-0.3, -0.25) is 0 Å². The number of benzene rings is 6. The van der Waals surface area contributed by atoms with E-state index in [-0.39, 0.29) is 0 Å². The minimum atomic E-state index is 1.07. The summed E-state index contributed by atoms with van der Waals surface area (Å²) >= 11 is 0. The second-order valence-corrected chi connectivity index (χ2v) is 11.7. The van der Waals surface area contributed by atoms with Crippen molar-refractivity contribution in [3.05, 3.63) is 156 Å². The first-order valence-electron chi connectivity index (χ1n) is 15.4. The first-order valence-corrected chi connectivity index (χ1v) is 15.4. The zero-order valence-electron chi connectivity index (χ0n) is 24.3. The Bertz CT molecular complexity index is 2480. The van der Waals surface area contributed by atoms with E-state index in [0.29, 0.717) is 0 Å². The molecule has 0 radical (unpaired) electrons. The summed E-state index contributed by atoms with van der Waals surface area (Å²) in [7, 11) is 0. The Morgan fingerprint density at radius 2 is 0.955 bits per heavy atom. The zero-order chi connectivity index (χ0) is 29.0. The van der Waals surface area contributed by atoms with Gasteiger partial charge in [-0.2, -0.15) is 0 Å². The van der Waals surface area contributed by atoms with Gasteiger partial charge in [0.05, 0.1) is 16.6 Å². The number of hydrogen-bond acceptors (Lipinski definition) is 0. The molecule has 0 saturated carbocycles. The van der Waals surface area contributed by atoms with Gasteiger partial charge in [0, 0.05) is 38.1 Å². The third-order valence-corrected chi connectivity index (χ3v) is 9.13. The summed E-state index contributed by atoms with van der Waals surface area (Å²) in [6, 6.07) is 53.0. The number of nitrogens with zero attached hydrogens (tertiary/aromatic N) is 2. The smallest absolute Gasteiger partial charge is 0.0541 e. The van der Waals surface area contributed by atoms with Crippen molar-refractivity contribution >= 4 is 44.9 Å². The first-order chi connectivity index (χ1) is 21.8. The molecule has 8 aromatic rings. The van der Waals surface area contributed by atoms with Crippen molar-refractivity contribution in [1.29, 1.82) is 0 Å². The molecule has 0 saturated heterocycles. The van der Waals surface area contributed by atoms with Crippen molar-refractivity contribution in [1.82, 2.24) is 9.13 Å². The van der Waals surface area contributed by atoms with Crippen molar-refractivity contribution < 1.29 is 0 Å². The summed E-state index contributed by atoms with van der Waals surface area (Å²) in [6.45, 7) is 0. The molecule has 2 heterocycles. The van der Waals surface area contributed by atoms with Crippen LogP contribution >= 0.6 is 0 Å². The van der Waals surface area contributed by atoms with Gasteiger partial charge in [0.25, 0.3) is 0 Å². The van der Waals surface area contributed by atoms with Crippen LogP contribution in [0.5, 0.6) is 0 Å². The molecule has 9 rings (SSSR count). The lowest BCUT2D eigenvalue weighted by molar-refractivity contribution is 1.02. The summed E-state index contributed by atoms with van der Waals surface area (Å²) < 4.78 is 4.83. The monoisotopic (exact) mass is 562 g/mol. The molecular weight excluding hydrogens is 532 g/mol. The van der Waals surface area contributed by atoms with Crippen LogP contribution in [0.1, 0.15) is 12.8 Å². The summed E-state index contributed by atoms with van der Waals surface area (Å²) in [5.41, 5.74) is 11.0. The largest absolute Gasteiger partial charge is 0.310 e. The van der Waals surface area contributed by atoms with Gasteiger partial charge in [-0.1, -0.05) is 103 Å². The molecule has 208 valence electrons. The molecule has 0 aliphatic heterocycles. The maximum absolute atomic E-state index is 2.45. The van der Waals surface area contributed by atoms with Crippen LogP contribution in [0.25, 0.3) is 78.5 Å². The van der Waals surface area contributed by atoms with Crippen molar-refractivity contribution in [2.24, 2.45) is 0 Å². The van der Waals surface area contributed by atoms with Crippen LogP contribution in [0, 0.1) is 0 Å². The van der Waals surface area contributed by atoms with Crippen molar-refractivity contribution in [2.75, 3.05) is 0 Å². The number of rotatable bonds is 4. The molecule has 2 heteroatoms. The van der Waals surface area contributed by atoms with Crippen LogP contribution in [0.4, 0.5) is 0 Å². The lowest BCUT2D eigenvalue weighted by Crippen LogP contribution is -2.30. The molecule has 1 aliphatic carbocycles. The molecule has 1 aliphatic rings. The number of para-hydroxylation sites is 2. The van der Waals surface area contributed by atoms with Crippen LogP contribution in [0.3, 0.4) is 0 Å². The van der Waals surface area contributed by atoms with Crippen molar-refractivity contribution in [3.8, 4) is 33.6 Å². The average molecular weight is 563 g/mol. The maximum atomic E-state index is 2.45. The van der Waals surface area contributed by atoms with Gasteiger partial charge in [0.15, 0.2) is 0 Å². The highest BCUT2D eigenvalue weighted by molar-refractivity contribution is 6.10. The Morgan fingerprint density at radius 3 is 1.77 bits per heavy atom. The molecule has 2 aromatic heterocycles. The number of aromatic nitrogens is 2. The second-order valence-electron chi connectivity index (χ2n) is 11.7. The van der Waals surface area contributed by atoms with Crippen LogP contribution in [-0.4, -0.2) is 9.13 Å². The molecule has 0 bridgehead atoms. The lowest BCUT2D eigenvalue weighted by Gasteiger charge is -2.11. The molecule has 0 spiro atoms. The van der Waals surface area contributed by atoms with Gasteiger partial charge in [-0.15, -0.1) is 0 Å². The van der Waals surface area contributed by atoms with Crippen LogP contribution < -0.4 is 10.6 Å². The summed E-state index contributed by atoms with van der Waals surface area (Å²) in [5, 5.41) is 6.51. The van der Waals surface area contributed by atoms with Crippen LogP contribution in [-0.2, 0) is 0 Å². The van der Waals surface area contributed by atoms with E-state index in [2.05, 4.69) is 167 Å². The fourth-order valence-electron chi connectivity index (χ4n) is 7.12. The van der Waals surface area contributed by atoms with Crippen LogP contribution in [0.2, 0.25) is 0 Å². The van der Waals surface area contributed by atoms with Crippen molar-refractivity contribution in [3.63, 3.8) is 0 Å². The van der Waals surface area contributed by atoms with E-state index in [4.69, 9.17) is 0 Å². The molecule has 0 fully saturated rings. The van der Waals surface area contributed by atoms with Gasteiger partial charge < -0.3 is 9.13 Å². The second kappa shape index (κ2) is 10.00. The van der Waals surface area contributed by atoms with Gasteiger partial charge >= 0.3 is 0 Å². The molecule has 0 N–H and O–H groups in total. The van der Waals surface area contributed by atoms with Gasteiger partial charge in [0.1, 0.15) is 0 Å². The van der Waals surface area contributed by atoms with E-state index in [0.717, 1.165) is 12.8 Å². The highest BCUT2D eigenvalue weighted by atomic mass is 15.0. The van der Waals surface area contributed by atoms with Gasteiger partial charge in [-0.25, -0.2) is 0 Å². The third kappa shape index (κ3) is 3.88. The van der Waals surface area contributed by atoms with E-state index in [1.165, 1.54) is 76.9 Å². The predicted octanol–water partition coefficient (Wildman–Crippen LogP) is 9.42. The first kappa shape index (κ1) is 24.9. The normalized spacial score (nSPS) is 12.7. The molecular formula is C42H30N2. The molecule has 2 nitrogen and oxygen atoms in total. The average Bonchev–Trinajstić information content (AvgIpc) is 3.61. The quantitative estimate of drug-likeness (QED) is 0.202. The molecule has 0 amide bonds. The standard InChI is InChI=1S/C42H30N2/c1-3-12-29(13-4-1)30-14-11-17-34(26-30)44-40-21-10-8-19-36(40)38-28-32(23-25-42(38)44)31-22-24-41-37(27-31)35-18-7-9-20-39(35)43(41)33-15-5-2-6-16-33/h1-7,9,11-28H,8,10H2. The minimum Gasteiger partial charge on any atom is -0.310 e. The van der Waals surface area contributed by atoms with E-state index >= 15 is 0 Å². The Kier molecular flexibility index (Phi) is 5.67. The van der Waals surface area contributed by atoms with E-state index in [1.807, 2.05) is 0 Å². The minimum absolute atomic E-state index is 1.07. The summed E-state index contributed by atoms with van der Waals surface area (Å²) in [5.74, 6) is 0. The highest BCUT2D eigenvalue weighted by Crippen LogP contribution is 2.35. The van der Waals surface area contributed by atoms with Crippen LogP contribution in [0.15, 0.2) is 146 Å². The van der Waals surface area contributed by atoms with Crippen molar-refractivity contribution in [2.45, 2.75) is 12.8 Å². The number of fused-ring (bicyclic) bond motifs is 6. The molecule has 0 atom stereocenters. The Hall–Kier alpha value is -5.60. The summed E-state index contributed by atoms with van der Waals surface area (Å²) in [6.07, 6.45) is 6.98. The lowest BCUT2D eigenvalue weighted by atomic mass is 10.0. The van der Waals surface area contributed by atoms with Gasteiger partial charge in [0.2, 0.25) is 0 Å². The predicted molar refractivity (Wildman–Crippen MR) is 186 cm³/mol. The molecule has 44 heavy (non-hydrogen) atoms. The Balaban J connectivity index is 1.23. The fraction of sp³-hybridized carbons (Fsp3) is 0.0476. The highest BCUT2D eigenvalue weighted by Gasteiger charge is 2.16. The Morgan fingerprint density at radius 1 is 0.364 bits per heavy atom. The Labute approximate surface area is 256 Å². The molecule has 0 unspecified atom stereocenters. The fourth-order valence-corrected chi connectivity index (χ4v) is 7.12. The van der Waals surface area contributed by atoms with Gasteiger partial charge in [-0.05, 0) is 89.7 Å². The molecule has 6 aromatic carbocycles. The third-order valence-electron chi connectivity index (χ3n) is 9.13. The summed E-state index contributed by atoms with van der Waals surface area (Å²) in [4.78, 5) is 0. The zero-order valence-corrected chi connectivity index (χ0v) is 24.3. The SMILES string of the molecule is C1=c2c(n(-c3cccc(-c4ccccc4)c3)c3ccc(-c4ccc5c(c4)c4ccccc4n5-c4ccccc4)cc23)=CCC1. The maximum Gasteiger partial charge on any atom is 0.0541 e. The topological polar surface area (TPSA) is 9.86 Å². The van der Waals surface area contributed by atoms with E-state index in [1.54, 1.807) is 0 Å². The van der Waals surface area contributed by atoms with E-state index in [9.17, 15) is 0 Å².